The van der Waals surface area contributed by atoms with Crippen LogP contribution in [0.25, 0.3) is 0 Å². The second-order valence-corrected chi connectivity index (χ2v) is 6.42. The Labute approximate surface area is 137 Å². The SMILES string of the molecule is O=C(NC1CCNC1)c1ccc(Sc2ccccc2Cl)nn1. The highest BCUT2D eigenvalue weighted by Crippen LogP contribution is 2.31. The summed E-state index contributed by atoms with van der Waals surface area (Å²) in [5, 5.41) is 15.6. The maximum atomic E-state index is 12.1. The number of carbonyl (C=O) groups is 1. The van der Waals surface area contributed by atoms with E-state index in [-0.39, 0.29) is 11.9 Å². The third-order valence-corrected chi connectivity index (χ3v) is 4.76. The molecule has 1 fully saturated rings. The number of rotatable bonds is 4. The molecule has 1 aliphatic rings. The van der Waals surface area contributed by atoms with Crippen molar-refractivity contribution in [1.82, 2.24) is 20.8 Å². The molecule has 2 N–H and O–H groups in total. The molecule has 0 radical (unpaired) electrons. The summed E-state index contributed by atoms with van der Waals surface area (Å²) in [4.78, 5) is 13.0. The predicted molar refractivity (Wildman–Crippen MR) is 86.3 cm³/mol. The van der Waals surface area contributed by atoms with Crippen molar-refractivity contribution in [3.05, 3.63) is 47.1 Å². The summed E-state index contributed by atoms with van der Waals surface area (Å²) in [6, 6.07) is 11.2. The van der Waals surface area contributed by atoms with Gasteiger partial charge < -0.3 is 10.6 Å². The molecule has 1 aliphatic heterocycles. The molecule has 1 aromatic heterocycles. The van der Waals surface area contributed by atoms with Crippen LogP contribution in [0.5, 0.6) is 0 Å². The lowest BCUT2D eigenvalue weighted by Crippen LogP contribution is -2.36. The number of nitrogens with one attached hydrogen (secondary N) is 2. The smallest absolute Gasteiger partial charge is 0.272 e. The molecular weight excluding hydrogens is 320 g/mol. The van der Waals surface area contributed by atoms with E-state index < -0.39 is 0 Å². The van der Waals surface area contributed by atoms with Gasteiger partial charge in [-0.25, -0.2) is 0 Å². The first-order valence-electron chi connectivity index (χ1n) is 7.00. The molecule has 0 aliphatic carbocycles. The topological polar surface area (TPSA) is 66.9 Å². The molecule has 2 heterocycles. The molecule has 114 valence electrons. The van der Waals surface area contributed by atoms with E-state index in [4.69, 9.17) is 11.6 Å². The van der Waals surface area contributed by atoms with Crippen molar-refractivity contribution < 1.29 is 4.79 Å². The van der Waals surface area contributed by atoms with Crippen molar-refractivity contribution in [2.75, 3.05) is 13.1 Å². The Morgan fingerprint density at radius 1 is 1.27 bits per heavy atom. The maximum Gasteiger partial charge on any atom is 0.272 e. The van der Waals surface area contributed by atoms with Gasteiger partial charge in [0.2, 0.25) is 0 Å². The molecule has 22 heavy (non-hydrogen) atoms. The van der Waals surface area contributed by atoms with Crippen LogP contribution < -0.4 is 10.6 Å². The van der Waals surface area contributed by atoms with Crippen molar-refractivity contribution >= 4 is 29.3 Å². The molecular formula is C15H15ClN4OS. The van der Waals surface area contributed by atoms with Gasteiger partial charge in [-0.3, -0.25) is 4.79 Å². The van der Waals surface area contributed by atoms with Crippen molar-refractivity contribution in [3.8, 4) is 0 Å². The summed E-state index contributed by atoms with van der Waals surface area (Å²) < 4.78 is 0. The highest BCUT2D eigenvalue weighted by Gasteiger charge is 2.18. The average Bonchev–Trinajstić information content (AvgIpc) is 3.03. The molecule has 0 saturated carbocycles. The second-order valence-electron chi connectivity index (χ2n) is 4.95. The largest absolute Gasteiger partial charge is 0.347 e. The van der Waals surface area contributed by atoms with E-state index in [9.17, 15) is 4.79 Å². The van der Waals surface area contributed by atoms with Crippen LogP contribution in [-0.2, 0) is 0 Å². The Kier molecular flexibility index (Phi) is 4.92. The zero-order valence-electron chi connectivity index (χ0n) is 11.8. The Morgan fingerprint density at radius 2 is 2.14 bits per heavy atom. The quantitative estimate of drug-likeness (QED) is 0.898. The van der Waals surface area contributed by atoms with Gasteiger partial charge >= 0.3 is 0 Å². The Balaban J connectivity index is 1.64. The second kappa shape index (κ2) is 7.09. The van der Waals surface area contributed by atoms with Gasteiger partial charge in [0.15, 0.2) is 5.69 Å². The van der Waals surface area contributed by atoms with E-state index in [1.165, 1.54) is 11.8 Å². The van der Waals surface area contributed by atoms with E-state index in [1.54, 1.807) is 12.1 Å². The van der Waals surface area contributed by atoms with Gasteiger partial charge in [-0.05, 0) is 37.2 Å². The molecule has 7 heteroatoms. The lowest BCUT2D eigenvalue weighted by Gasteiger charge is -2.10. The number of hydrogen-bond acceptors (Lipinski definition) is 5. The highest BCUT2D eigenvalue weighted by atomic mass is 35.5. The number of amides is 1. The summed E-state index contributed by atoms with van der Waals surface area (Å²) in [7, 11) is 0. The van der Waals surface area contributed by atoms with Crippen molar-refractivity contribution in [1.29, 1.82) is 0 Å². The summed E-state index contributed by atoms with van der Waals surface area (Å²) in [5.74, 6) is -0.185. The van der Waals surface area contributed by atoms with Crippen molar-refractivity contribution in [2.24, 2.45) is 0 Å². The van der Waals surface area contributed by atoms with E-state index in [2.05, 4.69) is 20.8 Å². The first kappa shape index (κ1) is 15.3. The fourth-order valence-corrected chi connectivity index (χ4v) is 3.18. The lowest BCUT2D eigenvalue weighted by molar-refractivity contribution is 0.0933. The standard InChI is InChI=1S/C15H15ClN4OS/c16-11-3-1-2-4-13(11)22-14-6-5-12(19-20-14)15(21)18-10-7-8-17-9-10/h1-6,10,17H,7-9H2,(H,18,21). The van der Waals surface area contributed by atoms with Gasteiger partial charge in [-0.15, -0.1) is 10.2 Å². The van der Waals surface area contributed by atoms with Gasteiger partial charge in [-0.1, -0.05) is 35.5 Å². The third-order valence-electron chi connectivity index (χ3n) is 3.32. The maximum absolute atomic E-state index is 12.1. The molecule has 3 rings (SSSR count). The number of benzene rings is 1. The fourth-order valence-electron chi connectivity index (χ4n) is 2.17. The van der Waals surface area contributed by atoms with Crippen LogP contribution in [0, 0.1) is 0 Å². The van der Waals surface area contributed by atoms with E-state index in [0.717, 1.165) is 24.4 Å². The Morgan fingerprint density at radius 3 is 2.82 bits per heavy atom. The number of hydrogen-bond donors (Lipinski definition) is 2. The molecule has 1 unspecified atom stereocenters. The number of halogens is 1. The van der Waals surface area contributed by atoms with Gasteiger partial charge in [0, 0.05) is 17.5 Å². The predicted octanol–water partition coefficient (Wildman–Crippen LogP) is 2.37. The fraction of sp³-hybridized carbons (Fsp3) is 0.267. The summed E-state index contributed by atoms with van der Waals surface area (Å²) in [6.07, 6.45) is 0.944. The van der Waals surface area contributed by atoms with Crippen LogP contribution in [0.3, 0.4) is 0 Å². The number of nitrogens with zero attached hydrogens (tertiary/aromatic N) is 2. The zero-order chi connectivity index (χ0) is 15.4. The Bertz CT molecular complexity index is 659. The van der Waals surface area contributed by atoms with Gasteiger partial charge in [-0.2, -0.15) is 0 Å². The number of aromatic nitrogens is 2. The molecule has 1 saturated heterocycles. The van der Waals surface area contributed by atoms with E-state index >= 15 is 0 Å². The van der Waals surface area contributed by atoms with Crippen molar-refractivity contribution in [2.45, 2.75) is 22.4 Å². The van der Waals surface area contributed by atoms with Crippen molar-refractivity contribution in [3.63, 3.8) is 0 Å². The molecule has 0 bridgehead atoms. The minimum atomic E-state index is -0.185. The number of carbonyl (C=O) groups excluding carboxylic acids is 1. The van der Waals surface area contributed by atoms with Gasteiger partial charge in [0.1, 0.15) is 5.03 Å². The minimum Gasteiger partial charge on any atom is -0.347 e. The van der Waals surface area contributed by atoms with Gasteiger partial charge in [0.25, 0.3) is 5.91 Å². The van der Waals surface area contributed by atoms with Crippen LogP contribution >= 0.6 is 23.4 Å². The first-order chi connectivity index (χ1) is 10.7. The average molecular weight is 335 g/mol. The van der Waals surface area contributed by atoms with E-state index in [1.807, 2.05) is 24.3 Å². The molecule has 2 aromatic rings. The summed E-state index contributed by atoms with van der Waals surface area (Å²) in [6.45, 7) is 1.74. The molecule has 1 amide bonds. The van der Waals surface area contributed by atoms with E-state index in [0.29, 0.717) is 15.7 Å². The summed E-state index contributed by atoms with van der Waals surface area (Å²) in [5.41, 5.74) is 0.329. The zero-order valence-corrected chi connectivity index (χ0v) is 13.3. The lowest BCUT2D eigenvalue weighted by atomic mass is 10.2. The molecule has 0 spiro atoms. The minimum absolute atomic E-state index is 0.173. The summed E-state index contributed by atoms with van der Waals surface area (Å²) >= 11 is 7.53. The molecule has 1 aromatic carbocycles. The Hall–Kier alpha value is -1.63. The van der Waals surface area contributed by atoms with Crippen LogP contribution in [-0.4, -0.2) is 35.2 Å². The molecule has 1 atom stereocenters. The van der Waals surface area contributed by atoms with Gasteiger partial charge in [0.05, 0.1) is 5.02 Å². The van der Waals surface area contributed by atoms with Crippen LogP contribution in [0.1, 0.15) is 16.9 Å². The highest BCUT2D eigenvalue weighted by molar-refractivity contribution is 7.99. The van der Waals surface area contributed by atoms with Crippen LogP contribution in [0.2, 0.25) is 5.02 Å². The monoisotopic (exact) mass is 334 g/mol. The normalized spacial score (nSPS) is 17.4. The van der Waals surface area contributed by atoms with Crippen LogP contribution in [0.4, 0.5) is 0 Å². The van der Waals surface area contributed by atoms with Crippen LogP contribution in [0.15, 0.2) is 46.3 Å². The first-order valence-corrected chi connectivity index (χ1v) is 8.19. The third kappa shape index (κ3) is 3.76. The molecule has 5 nitrogen and oxygen atoms in total.